The van der Waals surface area contributed by atoms with E-state index in [1.54, 1.807) is 7.11 Å². The first-order valence-electron chi connectivity index (χ1n) is 6.28. The quantitative estimate of drug-likeness (QED) is 0.696. The van der Waals surface area contributed by atoms with Crippen molar-refractivity contribution in [2.24, 2.45) is 0 Å². The first-order chi connectivity index (χ1) is 9.17. The van der Waals surface area contributed by atoms with E-state index in [-0.39, 0.29) is 0 Å². The third kappa shape index (κ3) is 2.08. The third-order valence-electron chi connectivity index (χ3n) is 3.29. The summed E-state index contributed by atoms with van der Waals surface area (Å²) in [6.45, 7) is 4.12. The van der Waals surface area contributed by atoms with Gasteiger partial charge in [0.2, 0.25) is 0 Å². The van der Waals surface area contributed by atoms with Crippen molar-refractivity contribution in [2.75, 3.05) is 7.11 Å². The van der Waals surface area contributed by atoms with E-state index >= 15 is 0 Å². The Balaban J connectivity index is 2.11. The number of fused-ring (bicyclic) bond motifs is 1. The van der Waals surface area contributed by atoms with Crippen molar-refractivity contribution in [3.8, 4) is 17.0 Å². The molecule has 19 heavy (non-hydrogen) atoms. The molecule has 2 aromatic heterocycles. The number of pyridine rings is 1. The Bertz CT molecular complexity index is 744. The molecule has 0 fully saturated rings. The highest BCUT2D eigenvalue weighted by Gasteiger charge is 2.06. The van der Waals surface area contributed by atoms with Crippen LogP contribution in [0.25, 0.3) is 16.9 Å². The molecular weight excluding hydrogens is 236 g/mol. The summed E-state index contributed by atoms with van der Waals surface area (Å²) in [4.78, 5) is 4.64. The summed E-state index contributed by atoms with van der Waals surface area (Å²) >= 11 is 0. The maximum absolute atomic E-state index is 5.28. The molecule has 96 valence electrons. The van der Waals surface area contributed by atoms with Gasteiger partial charge in [-0.15, -0.1) is 0 Å². The molecule has 0 saturated heterocycles. The van der Waals surface area contributed by atoms with Crippen LogP contribution in [0.4, 0.5) is 0 Å². The smallest absolute Gasteiger partial charge is 0.137 e. The molecule has 3 rings (SSSR count). The van der Waals surface area contributed by atoms with Gasteiger partial charge < -0.3 is 9.14 Å². The maximum Gasteiger partial charge on any atom is 0.137 e. The zero-order valence-corrected chi connectivity index (χ0v) is 11.3. The minimum Gasteiger partial charge on any atom is -0.496 e. The molecule has 0 amide bonds. The van der Waals surface area contributed by atoms with Gasteiger partial charge in [0.05, 0.1) is 12.8 Å². The Morgan fingerprint density at radius 1 is 1.05 bits per heavy atom. The van der Waals surface area contributed by atoms with Crippen LogP contribution >= 0.6 is 0 Å². The van der Waals surface area contributed by atoms with Crippen molar-refractivity contribution in [3.63, 3.8) is 0 Å². The Hall–Kier alpha value is -2.29. The van der Waals surface area contributed by atoms with Crippen LogP contribution in [0.1, 0.15) is 11.1 Å². The Labute approximate surface area is 112 Å². The predicted molar refractivity (Wildman–Crippen MR) is 76.7 cm³/mol. The molecule has 3 nitrogen and oxygen atoms in total. The molecule has 0 spiro atoms. The molecule has 0 bridgehead atoms. The summed E-state index contributed by atoms with van der Waals surface area (Å²) in [5.41, 5.74) is 5.40. The summed E-state index contributed by atoms with van der Waals surface area (Å²) in [6.07, 6.45) is 4.14. The van der Waals surface area contributed by atoms with Crippen molar-refractivity contribution in [1.82, 2.24) is 9.38 Å². The summed E-state index contributed by atoms with van der Waals surface area (Å²) in [7, 11) is 1.69. The van der Waals surface area contributed by atoms with E-state index in [1.807, 2.05) is 25.1 Å². The molecule has 0 radical (unpaired) electrons. The molecule has 0 aliphatic heterocycles. The van der Waals surface area contributed by atoms with Crippen molar-refractivity contribution in [1.29, 1.82) is 0 Å². The van der Waals surface area contributed by atoms with E-state index in [0.29, 0.717) is 0 Å². The molecule has 0 aliphatic carbocycles. The highest BCUT2D eigenvalue weighted by Crippen LogP contribution is 2.25. The van der Waals surface area contributed by atoms with E-state index in [4.69, 9.17) is 4.74 Å². The van der Waals surface area contributed by atoms with Gasteiger partial charge in [0.1, 0.15) is 11.4 Å². The van der Waals surface area contributed by atoms with E-state index in [1.165, 1.54) is 5.56 Å². The average Bonchev–Trinajstić information content (AvgIpc) is 2.81. The fraction of sp³-hybridized carbons (Fsp3) is 0.188. The van der Waals surface area contributed by atoms with Crippen LogP contribution in [0.2, 0.25) is 0 Å². The van der Waals surface area contributed by atoms with Gasteiger partial charge in [-0.3, -0.25) is 0 Å². The van der Waals surface area contributed by atoms with Gasteiger partial charge in [0.25, 0.3) is 0 Å². The molecular formula is C16H16N2O. The Morgan fingerprint density at radius 3 is 2.63 bits per heavy atom. The second-order valence-corrected chi connectivity index (χ2v) is 4.78. The molecule has 0 aliphatic rings. The molecule has 2 heterocycles. The van der Waals surface area contributed by atoms with Crippen LogP contribution in [0.5, 0.6) is 5.75 Å². The second kappa shape index (κ2) is 4.43. The normalized spacial score (nSPS) is 10.9. The number of rotatable bonds is 2. The fourth-order valence-corrected chi connectivity index (χ4v) is 2.28. The van der Waals surface area contributed by atoms with Crippen LogP contribution in [-0.4, -0.2) is 16.5 Å². The topological polar surface area (TPSA) is 26.5 Å². The lowest BCUT2D eigenvalue weighted by Crippen LogP contribution is -1.87. The van der Waals surface area contributed by atoms with Crippen LogP contribution in [0.15, 0.2) is 42.7 Å². The van der Waals surface area contributed by atoms with Crippen LogP contribution < -0.4 is 4.74 Å². The van der Waals surface area contributed by atoms with Crippen molar-refractivity contribution < 1.29 is 4.74 Å². The number of hydrogen-bond donors (Lipinski definition) is 0. The standard InChI is InChI=1S/C16H16N2O/c1-11-4-7-16-17-14(10-18(16)9-11)13-5-6-15(19-3)12(2)8-13/h4-10H,1-3H3. The van der Waals surface area contributed by atoms with Gasteiger partial charge >= 0.3 is 0 Å². The number of nitrogens with zero attached hydrogens (tertiary/aromatic N) is 2. The summed E-state index contributed by atoms with van der Waals surface area (Å²) in [5, 5.41) is 0. The van der Waals surface area contributed by atoms with Gasteiger partial charge in [0.15, 0.2) is 0 Å². The van der Waals surface area contributed by atoms with Gasteiger partial charge in [-0.05, 0) is 49.2 Å². The largest absolute Gasteiger partial charge is 0.496 e. The van der Waals surface area contributed by atoms with Gasteiger partial charge in [0, 0.05) is 18.0 Å². The Morgan fingerprint density at radius 2 is 1.89 bits per heavy atom. The van der Waals surface area contributed by atoms with Crippen LogP contribution in [0.3, 0.4) is 0 Å². The van der Waals surface area contributed by atoms with E-state index in [2.05, 4.69) is 40.8 Å². The monoisotopic (exact) mass is 252 g/mol. The lowest BCUT2D eigenvalue weighted by atomic mass is 10.1. The lowest BCUT2D eigenvalue weighted by molar-refractivity contribution is 0.412. The molecule has 3 heteroatoms. The minimum absolute atomic E-state index is 0.906. The van der Waals surface area contributed by atoms with Gasteiger partial charge in [-0.25, -0.2) is 4.98 Å². The maximum atomic E-state index is 5.28. The molecule has 0 unspecified atom stereocenters. The second-order valence-electron chi connectivity index (χ2n) is 4.78. The van der Waals surface area contributed by atoms with Gasteiger partial charge in [-0.2, -0.15) is 0 Å². The number of methoxy groups -OCH3 is 1. The summed E-state index contributed by atoms with van der Waals surface area (Å²) < 4.78 is 7.34. The first-order valence-corrected chi connectivity index (χ1v) is 6.28. The van der Waals surface area contributed by atoms with E-state index < -0.39 is 0 Å². The van der Waals surface area contributed by atoms with Gasteiger partial charge in [-0.1, -0.05) is 6.07 Å². The van der Waals surface area contributed by atoms with E-state index in [9.17, 15) is 0 Å². The highest BCUT2D eigenvalue weighted by molar-refractivity contribution is 5.64. The number of aryl methyl sites for hydroxylation is 2. The van der Waals surface area contributed by atoms with Crippen LogP contribution in [0, 0.1) is 13.8 Å². The van der Waals surface area contributed by atoms with Crippen LogP contribution in [-0.2, 0) is 0 Å². The summed E-state index contributed by atoms with van der Waals surface area (Å²) in [6, 6.07) is 10.2. The molecule has 0 saturated carbocycles. The SMILES string of the molecule is COc1ccc(-c2cn3cc(C)ccc3n2)cc1C. The molecule has 0 N–H and O–H groups in total. The minimum atomic E-state index is 0.906. The predicted octanol–water partition coefficient (Wildman–Crippen LogP) is 3.63. The zero-order valence-electron chi connectivity index (χ0n) is 11.3. The van der Waals surface area contributed by atoms with Crippen molar-refractivity contribution in [3.05, 3.63) is 53.9 Å². The zero-order chi connectivity index (χ0) is 13.4. The molecule has 0 atom stereocenters. The number of imidazole rings is 1. The average molecular weight is 252 g/mol. The van der Waals surface area contributed by atoms with Crippen molar-refractivity contribution in [2.45, 2.75) is 13.8 Å². The Kier molecular flexibility index (Phi) is 2.75. The van der Waals surface area contributed by atoms with Crippen molar-refractivity contribution >= 4 is 5.65 Å². The molecule has 1 aromatic carbocycles. The lowest BCUT2D eigenvalue weighted by Gasteiger charge is -2.05. The number of hydrogen-bond acceptors (Lipinski definition) is 2. The third-order valence-corrected chi connectivity index (χ3v) is 3.29. The number of aromatic nitrogens is 2. The first kappa shape index (κ1) is 11.8. The number of ether oxygens (including phenoxy) is 1. The highest BCUT2D eigenvalue weighted by atomic mass is 16.5. The van der Waals surface area contributed by atoms with E-state index in [0.717, 1.165) is 28.2 Å². The number of benzene rings is 1. The summed E-state index contributed by atoms with van der Waals surface area (Å²) in [5.74, 6) is 0.906. The molecule has 3 aromatic rings. The fourth-order valence-electron chi connectivity index (χ4n) is 2.28.